The molecule has 2 aromatic heterocycles. The van der Waals surface area contributed by atoms with E-state index < -0.39 is 0 Å². The largest absolute Gasteiger partial charge is 0.492 e. The van der Waals surface area contributed by atoms with Crippen molar-refractivity contribution in [3.8, 4) is 17.0 Å². The van der Waals surface area contributed by atoms with Crippen LogP contribution >= 0.6 is 11.6 Å². The van der Waals surface area contributed by atoms with Crippen LogP contribution in [0.5, 0.6) is 5.75 Å². The van der Waals surface area contributed by atoms with Crippen molar-refractivity contribution in [2.75, 3.05) is 13.2 Å². The van der Waals surface area contributed by atoms with E-state index in [1.807, 2.05) is 47.1 Å². The molecule has 0 aliphatic rings. The summed E-state index contributed by atoms with van der Waals surface area (Å²) >= 11 is 6.20. The smallest absolute Gasteiger partial charge is 0.137 e. The van der Waals surface area contributed by atoms with Gasteiger partial charge in [-0.25, -0.2) is 0 Å². The van der Waals surface area contributed by atoms with Crippen LogP contribution in [0.15, 0.2) is 48.9 Å². The van der Waals surface area contributed by atoms with Crippen molar-refractivity contribution in [1.82, 2.24) is 9.38 Å². The van der Waals surface area contributed by atoms with Gasteiger partial charge in [-0.05, 0) is 6.07 Å². The molecule has 0 fully saturated rings. The molecule has 4 nitrogen and oxygen atoms in total. The highest BCUT2D eigenvalue weighted by Crippen LogP contribution is 2.27. The van der Waals surface area contributed by atoms with Crippen molar-refractivity contribution in [2.45, 2.75) is 6.42 Å². The molecule has 0 aliphatic carbocycles. The summed E-state index contributed by atoms with van der Waals surface area (Å²) in [6.45, 7) is 0.629. The number of hydrogen-bond donors (Lipinski definition) is 1. The third kappa shape index (κ3) is 3.01. The molecule has 0 unspecified atom stereocenters. The van der Waals surface area contributed by atoms with Crippen LogP contribution in [0.25, 0.3) is 16.8 Å². The summed E-state index contributed by atoms with van der Waals surface area (Å²) in [5.41, 5.74) is 2.66. The summed E-state index contributed by atoms with van der Waals surface area (Å²) in [6.07, 6.45) is 6.23. The molecule has 1 aromatic carbocycles. The quantitative estimate of drug-likeness (QED) is 0.735. The van der Waals surface area contributed by atoms with Gasteiger partial charge in [0.1, 0.15) is 5.75 Å². The first-order valence-electron chi connectivity index (χ1n) is 6.74. The molecule has 2 heterocycles. The van der Waals surface area contributed by atoms with Crippen molar-refractivity contribution in [3.63, 3.8) is 0 Å². The number of benzene rings is 1. The second-order valence-electron chi connectivity index (χ2n) is 4.69. The number of nitrogens with zero attached hydrogens (tertiary/aromatic N) is 2. The SMILES string of the molecule is OCCCOc1cc2cnc(-c3ccccc3Cl)cn2c1. The summed E-state index contributed by atoms with van der Waals surface area (Å²) in [5, 5.41) is 9.44. The molecular weight excluding hydrogens is 288 g/mol. The normalized spacial score (nSPS) is 11.0. The second kappa shape index (κ2) is 6.16. The number of fused-ring (bicyclic) bond motifs is 1. The first-order chi connectivity index (χ1) is 10.3. The van der Waals surface area contributed by atoms with Crippen LogP contribution in [0, 0.1) is 0 Å². The fourth-order valence-electron chi connectivity index (χ4n) is 2.13. The molecule has 5 heteroatoms. The van der Waals surface area contributed by atoms with Crippen molar-refractivity contribution in [1.29, 1.82) is 0 Å². The van der Waals surface area contributed by atoms with E-state index in [0.29, 0.717) is 18.1 Å². The number of ether oxygens (including phenoxy) is 1. The number of rotatable bonds is 5. The van der Waals surface area contributed by atoms with Gasteiger partial charge in [-0.15, -0.1) is 0 Å². The summed E-state index contributed by atoms with van der Waals surface area (Å²) < 4.78 is 7.52. The molecule has 0 aliphatic heterocycles. The maximum absolute atomic E-state index is 8.76. The van der Waals surface area contributed by atoms with E-state index in [-0.39, 0.29) is 6.61 Å². The fraction of sp³-hybridized carbons (Fsp3) is 0.188. The molecule has 0 saturated carbocycles. The standard InChI is InChI=1S/C16H15ClN2O2/c17-15-5-2-1-4-14(15)16-11-19-10-13(21-7-3-6-20)8-12(19)9-18-16/h1-2,4-5,8-11,20H,3,6-7H2. The Hall–Kier alpha value is -2.04. The Kier molecular flexibility index (Phi) is 4.08. The van der Waals surface area contributed by atoms with E-state index in [9.17, 15) is 0 Å². The van der Waals surface area contributed by atoms with Crippen LogP contribution in [0.3, 0.4) is 0 Å². The minimum Gasteiger partial charge on any atom is -0.492 e. The maximum atomic E-state index is 8.76. The summed E-state index contributed by atoms with van der Waals surface area (Å²) in [7, 11) is 0. The third-order valence-corrected chi connectivity index (χ3v) is 3.50. The summed E-state index contributed by atoms with van der Waals surface area (Å²) in [6, 6.07) is 9.54. The number of aliphatic hydroxyl groups is 1. The van der Waals surface area contributed by atoms with E-state index in [0.717, 1.165) is 22.5 Å². The average molecular weight is 303 g/mol. The molecular formula is C16H15ClN2O2. The lowest BCUT2D eigenvalue weighted by Crippen LogP contribution is -1.98. The highest BCUT2D eigenvalue weighted by atomic mass is 35.5. The summed E-state index contributed by atoms with van der Waals surface area (Å²) in [5.74, 6) is 0.765. The predicted molar refractivity (Wildman–Crippen MR) is 82.8 cm³/mol. The van der Waals surface area contributed by atoms with Gasteiger partial charge >= 0.3 is 0 Å². The second-order valence-corrected chi connectivity index (χ2v) is 5.09. The number of hydrogen-bond acceptors (Lipinski definition) is 3. The lowest BCUT2D eigenvalue weighted by molar-refractivity contribution is 0.233. The third-order valence-electron chi connectivity index (χ3n) is 3.17. The highest BCUT2D eigenvalue weighted by molar-refractivity contribution is 6.33. The van der Waals surface area contributed by atoms with Gasteiger partial charge in [0.25, 0.3) is 0 Å². The van der Waals surface area contributed by atoms with Crippen LogP contribution in [0.4, 0.5) is 0 Å². The van der Waals surface area contributed by atoms with Gasteiger partial charge in [-0.2, -0.15) is 0 Å². The molecule has 3 rings (SSSR count). The van der Waals surface area contributed by atoms with E-state index in [1.165, 1.54) is 0 Å². The number of aromatic nitrogens is 2. The van der Waals surface area contributed by atoms with Crippen LogP contribution < -0.4 is 4.74 Å². The molecule has 21 heavy (non-hydrogen) atoms. The Labute approximate surface area is 127 Å². The van der Waals surface area contributed by atoms with Crippen molar-refractivity contribution in [2.24, 2.45) is 0 Å². The zero-order valence-corrected chi connectivity index (χ0v) is 12.1. The molecule has 1 N–H and O–H groups in total. The molecule has 0 atom stereocenters. The Morgan fingerprint density at radius 1 is 1.24 bits per heavy atom. The summed E-state index contributed by atoms with van der Waals surface area (Å²) in [4.78, 5) is 4.45. The van der Waals surface area contributed by atoms with Crippen molar-refractivity contribution in [3.05, 3.63) is 53.9 Å². The molecule has 0 radical (unpaired) electrons. The van der Waals surface area contributed by atoms with Crippen molar-refractivity contribution < 1.29 is 9.84 Å². The van der Waals surface area contributed by atoms with Gasteiger partial charge in [-0.3, -0.25) is 4.98 Å². The minimum absolute atomic E-state index is 0.131. The Morgan fingerprint density at radius 3 is 2.90 bits per heavy atom. The predicted octanol–water partition coefficient (Wildman–Crippen LogP) is 3.42. The molecule has 0 bridgehead atoms. The van der Waals surface area contributed by atoms with E-state index in [2.05, 4.69) is 4.98 Å². The Morgan fingerprint density at radius 2 is 2.10 bits per heavy atom. The molecule has 3 aromatic rings. The first kappa shape index (κ1) is 13.9. The number of halogens is 1. The van der Waals surface area contributed by atoms with Gasteiger partial charge in [0.15, 0.2) is 0 Å². The number of aliphatic hydroxyl groups excluding tert-OH is 1. The zero-order valence-electron chi connectivity index (χ0n) is 11.4. The molecule has 0 amide bonds. The zero-order chi connectivity index (χ0) is 14.7. The van der Waals surface area contributed by atoms with Gasteiger partial charge in [0.2, 0.25) is 0 Å². The van der Waals surface area contributed by atoms with Crippen LogP contribution in [0.2, 0.25) is 5.02 Å². The molecule has 0 saturated heterocycles. The van der Waals surface area contributed by atoms with Crippen LogP contribution in [-0.2, 0) is 0 Å². The Balaban J connectivity index is 1.91. The Bertz CT molecular complexity index is 755. The molecule has 0 spiro atoms. The fourth-order valence-corrected chi connectivity index (χ4v) is 2.36. The monoisotopic (exact) mass is 302 g/mol. The minimum atomic E-state index is 0.131. The van der Waals surface area contributed by atoms with Gasteiger partial charge < -0.3 is 14.2 Å². The highest BCUT2D eigenvalue weighted by Gasteiger charge is 2.07. The topological polar surface area (TPSA) is 46.8 Å². The van der Waals surface area contributed by atoms with Gasteiger partial charge in [-0.1, -0.05) is 29.8 Å². The van der Waals surface area contributed by atoms with Crippen LogP contribution in [0.1, 0.15) is 6.42 Å². The van der Waals surface area contributed by atoms with Crippen LogP contribution in [-0.4, -0.2) is 27.7 Å². The first-order valence-corrected chi connectivity index (χ1v) is 7.12. The average Bonchev–Trinajstić information content (AvgIpc) is 2.90. The lowest BCUT2D eigenvalue weighted by atomic mass is 10.1. The molecule has 108 valence electrons. The van der Waals surface area contributed by atoms with E-state index >= 15 is 0 Å². The lowest BCUT2D eigenvalue weighted by Gasteiger charge is -2.04. The van der Waals surface area contributed by atoms with Gasteiger partial charge in [0, 0.05) is 30.9 Å². The van der Waals surface area contributed by atoms with E-state index in [1.54, 1.807) is 6.20 Å². The maximum Gasteiger partial charge on any atom is 0.137 e. The van der Waals surface area contributed by atoms with Gasteiger partial charge in [0.05, 0.1) is 35.2 Å². The van der Waals surface area contributed by atoms with E-state index in [4.69, 9.17) is 21.4 Å². The van der Waals surface area contributed by atoms with Crippen molar-refractivity contribution >= 4 is 17.1 Å².